The number of fused-ring (bicyclic) bond motifs is 6. The quantitative estimate of drug-likeness (QED) is 0.0982. The molecule has 0 saturated carbocycles. The Morgan fingerprint density at radius 1 is 0.431 bits per heavy atom. The Bertz CT molecular complexity index is 1150. The average Bonchev–Trinajstić information content (AvgIpc) is 3.84. The molecule has 6 aliphatic heterocycles. The number of hydrogen-bond acceptors (Lipinski definition) is 16. The minimum Gasteiger partial charge on any atom is -0.389 e. The molecular weight excluding hydrogens is 756 g/mol. The number of aliphatic hydroxyl groups is 2. The minimum absolute atomic E-state index is 0.207. The molecule has 6 fully saturated rings. The zero-order valence-corrected chi connectivity index (χ0v) is 36.4. The summed E-state index contributed by atoms with van der Waals surface area (Å²) in [5, 5.41) is 27.6. The molecular formula is C42H76N2O14. The second-order valence-electron chi connectivity index (χ2n) is 18.7. The van der Waals surface area contributed by atoms with E-state index < -0.39 is 47.9 Å². The van der Waals surface area contributed by atoms with Crippen molar-refractivity contribution in [3.8, 4) is 0 Å². The van der Waals surface area contributed by atoms with Crippen LogP contribution < -0.4 is 10.6 Å². The fourth-order valence-electron chi connectivity index (χ4n) is 8.87. The summed E-state index contributed by atoms with van der Waals surface area (Å²) in [6, 6.07) is 0. The molecule has 6 saturated heterocycles. The van der Waals surface area contributed by atoms with Crippen molar-refractivity contribution in [1.82, 2.24) is 10.6 Å². The van der Waals surface area contributed by atoms with Crippen molar-refractivity contribution >= 4 is 0 Å². The van der Waals surface area contributed by atoms with Crippen LogP contribution in [0.15, 0.2) is 0 Å². The smallest absolute Gasteiger partial charge is 0.190 e. The van der Waals surface area contributed by atoms with Crippen LogP contribution in [-0.4, -0.2) is 160 Å². The summed E-state index contributed by atoms with van der Waals surface area (Å²) in [5.74, 6) is -3.02. The monoisotopic (exact) mass is 833 g/mol. The number of ether oxygens (including phenoxy) is 12. The molecule has 6 aliphatic rings. The molecule has 6 heterocycles. The lowest BCUT2D eigenvalue weighted by molar-refractivity contribution is -0.244. The van der Waals surface area contributed by atoms with Gasteiger partial charge in [0.15, 0.2) is 35.7 Å². The van der Waals surface area contributed by atoms with Gasteiger partial charge in [-0.05, 0) is 81.3 Å². The van der Waals surface area contributed by atoms with Crippen LogP contribution in [0.5, 0.6) is 0 Å². The molecule has 12 atom stereocenters. The average molecular weight is 833 g/mol. The van der Waals surface area contributed by atoms with E-state index in [1.165, 1.54) is 51.4 Å². The van der Waals surface area contributed by atoms with Crippen molar-refractivity contribution in [3.05, 3.63) is 0 Å². The normalized spacial score (nSPS) is 36.3. The van der Waals surface area contributed by atoms with Gasteiger partial charge in [0.1, 0.15) is 48.8 Å². The van der Waals surface area contributed by atoms with Crippen molar-refractivity contribution in [3.63, 3.8) is 0 Å². The van der Waals surface area contributed by atoms with E-state index >= 15 is 0 Å². The van der Waals surface area contributed by atoms with Gasteiger partial charge in [-0.2, -0.15) is 0 Å². The van der Waals surface area contributed by atoms with Crippen LogP contribution >= 0.6 is 0 Å². The van der Waals surface area contributed by atoms with Crippen LogP contribution in [0.3, 0.4) is 0 Å². The highest BCUT2D eigenvalue weighted by molar-refractivity contribution is 5.01. The fourth-order valence-corrected chi connectivity index (χ4v) is 8.87. The number of aliphatic hydroxyl groups excluding tert-OH is 2. The van der Waals surface area contributed by atoms with E-state index in [2.05, 4.69) is 10.6 Å². The van der Waals surface area contributed by atoms with E-state index in [0.29, 0.717) is 13.1 Å². The Morgan fingerprint density at radius 2 is 0.741 bits per heavy atom. The highest BCUT2D eigenvalue weighted by atomic mass is 16.9. The lowest BCUT2D eigenvalue weighted by Gasteiger charge is -2.37. The third-order valence-electron chi connectivity index (χ3n) is 11.4. The maximum Gasteiger partial charge on any atom is 0.190 e. The van der Waals surface area contributed by atoms with Crippen molar-refractivity contribution in [2.75, 3.05) is 52.6 Å². The largest absolute Gasteiger partial charge is 0.389 e. The summed E-state index contributed by atoms with van der Waals surface area (Å²) < 4.78 is 72.7. The fraction of sp³-hybridized carbons (Fsp3) is 1.00. The first kappa shape index (κ1) is 46.9. The van der Waals surface area contributed by atoms with Gasteiger partial charge in [0.05, 0.1) is 38.6 Å². The van der Waals surface area contributed by atoms with Gasteiger partial charge in [-0.25, -0.2) is 0 Å². The molecule has 0 aromatic carbocycles. The zero-order valence-electron chi connectivity index (χ0n) is 36.4. The number of nitrogens with one attached hydrogen (secondary N) is 2. The molecule has 0 radical (unpaired) electrons. The molecule has 58 heavy (non-hydrogen) atoms. The molecule has 6 rings (SSSR count). The van der Waals surface area contributed by atoms with Gasteiger partial charge in [-0.3, -0.25) is 0 Å². The van der Waals surface area contributed by atoms with Crippen LogP contribution in [0.4, 0.5) is 0 Å². The molecule has 2 unspecified atom stereocenters. The van der Waals surface area contributed by atoms with Gasteiger partial charge in [0, 0.05) is 13.1 Å². The zero-order chi connectivity index (χ0) is 41.6. The first-order chi connectivity index (χ1) is 27.5. The van der Waals surface area contributed by atoms with Crippen LogP contribution in [0, 0.1) is 0 Å². The molecule has 0 amide bonds. The van der Waals surface area contributed by atoms with Gasteiger partial charge < -0.3 is 77.7 Å². The number of unbranched alkanes of at least 4 members (excludes halogenated alkanes) is 9. The molecule has 0 spiro atoms. The first-order valence-corrected chi connectivity index (χ1v) is 22.2. The number of rotatable bonds is 25. The van der Waals surface area contributed by atoms with Crippen molar-refractivity contribution in [2.45, 2.75) is 216 Å². The molecule has 0 aromatic rings. The summed E-state index contributed by atoms with van der Waals surface area (Å²) in [6.07, 6.45) is 7.01. The Morgan fingerprint density at radius 3 is 1.12 bits per heavy atom. The summed E-state index contributed by atoms with van der Waals surface area (Å²) in [5.41, 5.74) is 0. The van der Waals surface area contributed by atoms with E-state index in [-0.39, 0.29) is 75.3 Å². The number of hydrogen-bond donors (Lipinski definition) is 4. The van der Waals surface area contributed by atoms with Gasteiger partial charge in [-0.1, -0.05) is 51.4 Å². The Hall–Kier alpha value is -0.640. The van der Waals surface area contributed by atoms with E-state index in [9.17, 15) is 10.2 Å². The SMILES string of the molecule is CC1(C)O[C@@H]2OC(COC[C@@H](O)CNCCCCCCCCCCCCNC[C@@H](O)COCC3O[C@@H]4OC(C)(C)O[C@@H]4[C@H]4OC(C)(C)O[C@@H]34)[C@H]3OC(C)(C)O[C@H]3[C@@H]2O1. The Balaban J connectivity index is 0.692. The van der Waals surface area contributed by atoms with Gasteiger partial charge in [-0.15, -0.1) is 0 Å². The standard InChI is InChI=1S/C42H76N2O14/c1-39(2)51-31-29(49-37-35(33(31)53-39)55-41(5,6)57-37)25-47-23-27(45)21-43-19-17-15-13-11-9-10-12-14-16-18-20-44-22-28(46)24-48-26-30-32-34(54-40(3,4)52-32)36-38(50-30)58-42(7,8)56-36/h27-38,43-46H,9-26H2,1-8H3/t27-,28+,29?,30?,31+,32-,33+,34-,35-,36+,37-,38+. The molecule has 0 aromatic heterocycles. The second kappa shape index (κ2) is 20.7. The predicted octanol–water partition coefficient (Wildman–Crippen LogP) is 3.61. The van der Waals surface area contributed by atoms with E-state index in [4.69, 9.17) is 56.8 Å². The van der Waals surface area contributed by atoms with Gasteiger partial charge >= 0.3 is 0 Å². The summed E-state index contributed by atoms with van der Waals surface area (Å²) in [7, 11) is 0. The molecule has 0 aliphatic carbocycles. The summed E-state index contributed by atoms with van der Waals surface area (Å²) >= 11 is 0. The van der Waals surface area contributed by atoms with Crippen LogP contribution in [0.25, 0.3) is 0 Å². The van der Waals surface area contributed by atoms with Crippen LogP contribution in [0.1, 0.15) is 120 Å². The van der Waals surface area contributed by atoms with Crippen LogP contribution in [0.2, 0.25) is 0 Å². The summed E-state index contributed by atoms with van der Waals surface area (Å²) in [4.78, 5) is 0. The minimum atomic E-state index is -0.760. The molecule has 338 valence electrons. The Kier molecular flexibility index (Phi) is 16.7. The maximum atomic E-state index is 10.5. The molecule has 16 heteroatoms. The van der Waals surface area contributed by atoms with Crippen LogP contribution in [-0.2, 0) is 56.8 Å². The molecule has 16 nitrogen and oxygen atoms in total. The van der Waals surface area contributed by atoms with Gasteiger partial charge in [0.2, 0.25) is 0 Å². The topological polar surface area (TPSA) is 175 Å². The van der Waals surface area contributed by atoms with Gasteiger partial charge in [0.25, 0.3) is 0 Å². The van der Waals surface area contributed by atoms with Crippen molar-refractivity contribution in [2.24, 2.45) is 0 Å². The van der Waals surface area contributed by atoms with E-state index in [0.717, 1.165) is 25.9 Å². The van der Waals surface area contributed by atoms with Crippen molar-refractivity contribution in [1.29, 1.82) is 0 Å². The van der Waals surface area contributed by atoms with Crippen molar-refractivity contribution < 1.29 is 67.1 Å². The molecule has 0 bridgehead atoms. The maximum absolute atomic E-state index is 10.5. The lowest BCUT2D eigenvalue weighted by Crippen LogP contribution is -2.56. The highest BCUT2D eigenvalue weighted by Crippen LogP contribution is 2.45. The first-order valence-electron chi connectivity index (χ1n) is 22.2. The summed E-state index contributed by atoms with van der Waals surface area (Å²) in [6.45, 7) is 18.7. The Labute approximate surface area is 346 Å². The molecule has 4 N–H and O–H groups in total. The third kappa shape index (κ3) is 13.4. The highest BCUT2D eigenvalue weighted by Gasteiger charge is 2.62. The van der Waals surface area contributed by atoms with E-state index in [1.807, 2.05) is 55.4 Å². The lowest BCUT2D eigenvalue weighted by atomic mass is 9.99. The van der Waals surface area contributed by atoms with E-state index in [1.54, 1.807) is 0 Å². The predicted molar refractivity (Wildman–Crippen MR) is 211 cm³/mol. The third-order valence-corrected chi connectivity index (χ3v) is 11.4. The second-order valence-corrected chi connectivity index (χ2v) is 18.7.